The average Bonchev–Trinajstić information content (AvgIpc) is 3.08. The third-order valence-electron chi connectivity index (χ3n) is 4.13. The molecular weight excluding hydrogens is 334 g/mol. The summed E-state index contributed by atoms with van der Waals surface area (Å²) in [5, 5.41) is 7.17. The third-order valence-corrected chi connectivity index (χ3v) is 4.13. The standard InChI is InChI=1S/C19H21N3O4/c1-23-13-7-5-11(6-8-13)16-17(21-22-19(16)20)12-9-14(24-2)18(26-4)15(10-12)25-3/h5-10H,1-4H3,(H3,20,21,22). The number of nitrogen functional groups attached to an aromatic ring is 1. The number of methoxy groups -OCH3 is 4. The van der Waals surface area contributed by atoms with E-state index >= 15 is 0 Å². The molecule has 2 aromatic carbocycles. The molecule has 0 aliphatic heterocycles. The van der Waals surface area contributed by atoms with Crippen LogP contribution in [0.3, 0.4) is 0 Å². The van der Waals surface area contributed by atoms with Crippen molar-refractivity contribution in [2.45, 2.75) is 0 Å². The van der Waals surface area contributed by atoms with Crippen LogP contribution in [0.5, 0.6) is 23.0 Å². The van der Waals surface area contributed by atoms with Crippen molar-refractivity contribution in [1.82, 2.24) is 10.2 Å². The first kappa shape index (κ1) is 17.5. The summed E-state index contributed by atoms with van der Waals surface area (Å²) in [4.78, 5) is 0. The molecule has 1 heterocycles. The van der Waals surface area contributed by atoms with Crippen LogP contribution in [-0.2, 0) is 0 Å². The molecule has 0 spiro atoms. The fourth-order valence-corrected chi connectivity index (χ4v) is 2.84. The third kappa shape index (κ3) is 2.99. The minimum absolute atomic E-state index is 0.402. The van der Waals surface area contributed by atoms with Gasteiger partial charge < -0.3 is 24.7 Å². The molecule has 0 amide bonds. The molecule has 0 aliphatic carbocycles. The molecule has 0 radical (unpaired) electrons. The molecule has 0 saturated carbocycles. The van der Waals surface area contributed by atoms with Crippen molar-refractivity contribution in [3.8, 4) is 45.4 Å². The Kier molecular flexibility index (Phi) is 4.88. The summed E-state index contributed by atoms with van der Waals surface area (Å²) >= 11 is 0. The highest BCUT2D eigenvalue weighted by molar-refractivity contribution is 5.89. The van der Waals surface area contributed by atoms with Crippen LogP contribution in [0.2, 0.25) is 0 Å². The van der Waals surface area contributed by atoms with Gasteiger partial charge in [-0.15, -0.1) is 0 Å². The molecule has 7 heteroatoms. The maximum absolute atomic E-state index is 6.12. The van der Waals surface area contributed by atoms with E-state index in [1.807, 2.05) is 36.4 Å². The summed E-state index contributed by atoms with van der Waals surface area (Å²) in [6, 6.07) is 11.3. The van der Waals surface area contributed by atoms with Crippen LogP contribution in [-0.4, -0.2) is 38.6 Å². The van der Waals surface area contributed by atoms with Crippen LogP contribution in [0.4, 0.5) is 5.82 Å². The Bertz CT molecular complexity index is 879. The number of nitrogens with two attached hydrogens (primary N) is 1. The number of anilines is 1. The predicted molar refractivity (Wildman–Crippen MR) is 100 cm³/mol. The quantitative estimate of drug-likeness (QED) is 0.704. The van der Waals surface area contributed by atoms with Crippen molar-refractivity contribution in [1.29, 1.82) is 0 Å². The summed E-state index contributed by atoms with van der Waals surface area (Å²) in [5.74, 6) is 2.80. The second kappa shape index (κ2) is 7.26. The number of hydrogen-bond acceptors (Lipinski definition) is 6. The zero-order valence-electron chi connectivity index (χ0n) is 15.1. The Balaban J connectivity index is 2.16. The molecule has 0 fully saturated rings. The molecular formula is C19H21N3O4. The molecule has 3 rings (SSSR count). The van der Waals surface area contributed by atoms with E-state index in [-0.39, 0.29) is 0 Å². The molecule has 7 nitrogen and oxygen atoms in total. The number of aromatic nitrogens is 2. The van der Waals surface area contributed by atoms with Gasteiger partial charge in [0.05, 0.1) is 39.7 Å². The maximum atomic E-state index is 6.12. The topological polar surface area (TPSA) is 91.6 Å². The van der Waals surface area contributed by atoms with Gasteiger partial charge >= 0.3 is 0 Å². The van der Waals surface area contributed by atoms with Crippen molar-refractivity contribution in [3.63, 3.8) is 0 Å². The lowest BCUT2D eigenvalue weighted by atomic mass is 10.00. The predicted octanol–water partition coefficient (Wildman–Crippen LogP) is 3.36. The van der Waals surface area contributed by atoms with Crippen LogP contribution in [0.15, 0.2) is 36.4 Å². The molecule has 3 N–H and O–H groups in total. The number of aromatic amines is 1. The van der Waals surface area contributed by atoms with Crippen molar-refractivity contribution >= 4 is 5.82 Å². The molecule has 0 unspecified atom stereocenters. The smallest absolute Gasteiger partial charge is 0.203 e. The number of hydrogen-bond donors (Lipinski definition) is 2. The van der Waals surface area contributed by atoms with E-state index in [2.05, 4.69) is 10.2 Å². The number of nitrogens with zero attached hydrogens (tertiary/aromatic N) is 1. The average molecular weight is 355 g/mol. The molecule has 3 aromatic rings. The fourth-order valence-electron chi connectivity index (χ4n) is 2.84. The second-order valence-corrected chi connectivity index (χ2v) is 5.50. The van der Waals surface area contributed by atoms with Gasteiger partial charge in [0.1, 0.15) is 5.75 Å². The highest BCUT2D eigenvalue weighted by atomic mass is 16.5. The largest absolute Gasteiger partial charge is 0.497 e. The summed E-state index contributed by atoms with van der Waals surface area (Å²) < 4.78 is 21.5. The van der Waals surface area contributed by atoms with Gasteiger partial charge in [-0.25, -0.2) is 0 Å². The number of nitrogens with one attached hydrogen (secondary N) is 1. The molecule has 136 valence electrons. The van der Waals surface area contributed by atoms with Gasteiger partial charge in [0.25, 0.3) is 0 Å². The van der Waals surface area contributed by atoms with Crippen LogP contribution in [0.1, 0.15) is 0 Å². The maximum Gasteiger partial charge on any atom is 0.203 e. The molecule has 1 aromatic heterocycles. The van der Waals surface area contributed by atoms with Crippen molar-refractivity contribution in [2.24, 2.45) is 0 Å². The van der Waals surface area contributed by atoms with Crippen molar-refractivity contribution in [2.75, 3.05) is 34.2 Å². The van der Waals surface area contributed by atoms with Crippen molar-refractivity contribution in [3.05, 3.63) is 36.4 Å². The number of ether oxygens (including phenoxy) is 4. The van der Waals surface area contributed by atoms with E-state index in [9.17, 15) is 0 Å². The minimum Gasteiger partial charge on any atom is -0.497 e. The van der Waals surface area contributed by atoms with Crippen LogP contribution >= 0.6 is 0 Å². The normalized spacial score (nSPS) is 10.5. The highest BCUT2D eigenvalue weighted by Crippen LogP contribution is 2.43. The van der Waals surface area contributed by atoms with E-state index < -0.39 is 0 Å². The number of benzene rings is 2. The Morgan fingerprint density at radius 3 is 1.92 bits per heavy atom. The molecule has 0 aliphatic rings. The molecule has 26 heavy (non-hydrogen) atoms. The SMILES string of the molecule is COc1ccc(-c2c(N)n[nH]c2-c2cc(OC)c(OC)c(OC)c2)cc1. The lowest BCUT2D eigenvalue weighted by Gasteiger charge is -2.14. The first-order valence-corrected chi connectivity index (χ1v) is 7.91. The van der Waals surface area contributed by atoms with Gasteiger partial charge in [0.2, 0.25) is 5.75 Å². The van der Waals surface area contributed by atoms with Crippen LogP contribution in [0.25, 0.3) is 22.4 Å². The van der Waals surface area contributed by atoms with Gasteiger partial charge in [-0.2, -0.15) is 5.10 Å². The second-order valence-electron chi connectivity index (χ2n) is 5.50. The Morgan fingerprint density at radius 2 is 1.42 bits per heavy atom. The van der Waals surface area contributed by atoms with Gasteiger partial charge in [0, 0.05) is 5.56 Å². The number of H-pyrrole nitrogens is 1. The van der Waals surface area contributed by atoms with Gasteiger partial charge in [-0.05, 0) is 29.8 Å². The van der Waals surface area contributed by atoms with E-state index in [0.29, 0.717) is 23.1 Å². The Hall–Kier alpha value is -3.35. The summed E-state index contributed by atoms with van der Waals surface area (Å²) in [7, 11) is 6.35. The van der Waals surface area contributed by atoms with Crippen LogP contribution in [0, 0.1) is 0 Å². The fraction of sp³-hybridized carbons (Fsp3) is 0.211. The van der Waals surface area contributed by atoms with E-state index in [1.165, 1.54) is 0 Å². The summed E-state index contributed by atoms with van der Waals surface area (Å²) in [6.45, 7) is 0. The monoisotopic (exact) mass is 355 g/mol. The minimum atomic E-state index is 0.402. The van der Waals surface area contributed by atoms with Gasteiger partial charge in [-0.3, -0.25) is 5.10 Å². The first-order chi connectivity index (χ1) is 12.6. The lowest BCUT2D eigenvalue weighted by Crippen LogP contribution is -1.96. The molecule has 0 bridgehead atoms. The molecule has 0 saturated heterocycles. The van der Waals surface area contributed by atoms with Gasteiger partial charge in [0.15, 0.2) is 17.3 Å². The molecule has 0 atom stereocenters. The number of rotatable bonds is 6. The van der Waals surface area contributed by atoms with E-state index in [4.69, 9.17) is 24.7 Å². The highest BCUT2D eigenvalue weighted by Gasteiger charge is 2.19. The van der Waals surface area contributed by atoms with Crippen molar-refractivity contribution < 1.29 is 18.9 Å². The van der Waals surface area contributed by atoms with Crippen LogP contribution < -0.4 is 24.7 Å². The van der Waals surface area contributed by atoms with Gasteiger partial charge in [-0.1, -0.05) is 12.1 Å². The Labute approximate surface area is 151 Å². The zero-order chi connectivity index (χ0) is 18.7. The summed E-state index contributed by atoms with van der Waals surface area (Å²) in [6.07, 6.45) is 0. The zero-order valence-corrected chi connectivity index (χ0v) is 15.1. The first-order valence-electron chi connectivity index (χ1n) is 7.91. The summed E-state index contributed by atoms with van der Waals surface area (Å²) in [5.41, 5.74) is 9.40. The Morgan fingerprint density at radius 1 is 0.808 bits per heavy atom. The van der Waals surface area contributed by atoms with E-state index in [1.54, 1.807) is 28.4 Å². The van der Waals surface area contributed by atoms with E-state index in [0.717, 1.165) is 28.1 Å². The lowest BCUT2D eigenvalue weighted by molar-refractivity contribution is 0.324.